The van der Waals surface area contributed by atoms with Gasteiger partial charge in [0.25, 0.3) is 5.91 Å². The summed E-state index contributed by atoms with van der Waals surface area (Å²) in [5, 5.41) is 5.41. The third-order valence-corrected chi connectivity index (χ3v) is 3.10. The third kappa shape index (κ3) is 4.28. The van der Waals surface area contributed by atoms with Crippen molar-refractivity contribution in [2.45, 2.75) is 31.3 Å². The number of primary amides is 1. The summed E-state index contributed by atoms with van der Waals surface area (Å²) in [6, 6.07) is 5.81. The molecule has 1 unspecified atom stereocenters. The van der Waals surface area contributed by atoms with E-state index in [2.05, 4.69) is 10.6 Å². The second-order valence-electron chi connectivity index (χ2n) is 5.06. The lowest BCUT2D eigenvalue weighted by Gasteiger charge is -2.14. The molecule has 1 fully saturated rings. The zero-order valence-corrected chi connectivity index (χ0v) is 11.5. The minimum atomic E-state index is -1.04. The molecular weight excluding hydrogens is 272 g/mol. The van der Waals surface area contributed by atoms with E-state index in [4.69, 9.17) is 11.5 Å². The second kappa shape index (κ2) is 6.36. The number of hydrogen-bond acceptors (Lipinski definition) is 4. The van der Waals surface area contributed by atoms with Gasteiger partial charge < -0.3 is 22.1 Å². The maximum Gasteiger partial charge on any atom is 0.253 e. The highest BCUT2D eigenvalue weighted by Gasteiger charge is 2.25. The van der Waals surface area contributed by atoms with Crippen molar-refractivity contribution in [3.8, 4) is 0 Å². The first-order chi connectivity index (χ1) is 9.97. The van der Waals surface area contributed by atoms with Gasteiger partial charge in [0.1, 0.15) is 0 Å². The zero-order chi connectivity index (χ0) is 15.4. The number of rotatable bonds is 6. The smallest absolute Gasteiger partial charge is 0.253 e. The molecule has 3 amide bonds. The summed E-state index contributed by atoms with van der Waals surface area (Å²) in [4.78, 5) is 34.7. The molecule has 0 bridgehead atoms. The Bertz CT molecular complexity index is 569. The number of nitrogens with two attached hydrogens (primary N) is 2. The highest BCUT2D eigenvalue weighted by atomic mass is 16.2. The summed E-state index contributed by atoms with van der Waals surface area (Å²) in [5.41, 5.74) is 11.3. The van der Waals surface area contributed by atoms with Gasteiger partial charge in [-0.1, -0.05) is 12.1 Å². The number of hydrogen-bond donors (Lipinski definition) is 4. The predicted octanol–water partition coefficient (Wildman–Crippen LogP) is -0.280. The minimum Gasteiger partial charge on any atom is -0.370 e. The summed E-state index contributed by atoms with van der Waals surface area (Å²) < 4.78 is 0. The van der Waals surface area contributed by atoms with Crippen molar-refractivity contribution in [3.63, 3.8) is 0 Å². The van der Waals surface area contributed by atoms with E-state index in [0.29, 0.717) is 11.3 Å². The molecule has 112 valence electrons. The Morgan fingerprint density at radius 3 is 2.52 bits per heavy atom. The van der Waals surface area contributed by atoms with E-state index in [1.54, 1.807) is 24.3 Å². The molecule has 0 radical (unpaired) electrons. The highest BCUT2D eigenvalue weighted by Crippen LogP contribution is 2.21. The number of carbonyl (C=O) groups is 3. The van der Waals surface area contributed by atoms with Gasteiger partial charge in [-0.2, -0.15) is 0 Å². The van der Waals surface area contributed by atoms with Gasteiger partial charge in [-0.15, -0.1) is 0 Å². The number of para-hydroxylation sites is 1. The molecule has 7 heteroatoms. The van der Waals surface area contributed by atoms with Crippen LogP contribution in [-0.4, -0.2) is 29.8 Å². The van der Waals surface area contributed by atoms with Crippen molar-refractivity contribution in [2.24, 2.45) is 11.5 Å². The molecule has 6 N–H and O–H groups in total. The molecule has 1 aliphatic rings. The Morgan fingerprint density at radius 2 is 1.90 bits per heavy atom. The number of benzene rings is 1. The Kier molecular flexibility index (Phi) is 4.54. The van der Waals surface area contributed by atoms with E-state index >= 15 is 0 Å². The van der Waals surface area contributed by atoms with Crippen LogP contribution in [0, 0.1) is 0 Å². The largest absolute Gasteiger partial charge is 0.370 e. The maximum atomic E-state index is 12.1. The molecule has 0 aromatic heterocycles. The van der Waals surface area contributed by atoms with Gasteiger partial charge in [0, 0.05) is 6.04 Å². The van der Waals surface area contributed by atoms with Crippen LogP contribution in [0.5, 0.6) is 0 Å². The van der Waals surface area contributed by atoms with Crippen molar-refractivity contribution in [2.75, 3.05) is 5.32 Å². The first kappa shape index (κ1) is 15.0. The van der Waals surface area contributed by atoms with Crippen LogP contribution < -0.4 is 22.1 Å². The molecule has 1 aromatic carbocycles. The fourth-order valence-corrected chi connectivity index (χ4v) is 1.82. The molecule has 1 saturated carbocycles. The average Bonchev–Trinajstić information content (AvgIpc) is 3.22. The van der Waals surface area contributed by atoms with Gasteiger partial charge >= 0.3 is 0 Å². The van der Waals surface area contributed by atoms with Gasteiger partial charge in [0.15, 0.2) is 0 Å². The van der Waals surface area contributed by atoms with Gasteiger partial charge in [-0.25, -0.2) is 0 Å². The summed E-state index contributed by atoms with van der Waals surface area (Å²) >= 11 is 0. The van der Waals surface area contributed by atoms with Crippen LogP contribution in [0.4, 0.5) is 5.69 Å². The number of amides is 3. The van der Waals surface area contributed by atoms with Crippen LogP contribution in [0.25, 0.3) is 0 Å². The van der Waals surface area contributed by atoms with Crippen LogP contribution in [0.1, 0.15) is 29.6 Å². The van der Waals surface area contributed by atoms with E-state index in [-0.39, 0.29) is 18.4 Å². The minimum absolute atomic E-state index is 0.221. The normalized spacial score (nSPS) is 15.1. The quantitative estimate of drug-likeness (QED) is 0.574. The number of nitrogens with one attached hydrogen (secondary N) is 2. The van der Waals surface area contributed by atoms with E-state index < -0.39 is 17.9 Å². The standard InChI is InChI=1S/C14H18N4O3/c15-10(7-12(16)19)14(21)18-11-4-2-1-3-9(11)13(20)17-8-5-6-8/h1-4,8,10H,5-7,15H2,(H2,16,19)(H,17,20)(H,18,21). The van der Waals surface area contributed by atoms with Gasteiger partial charge in [-0.3, -0.25) is 14.4 Å². The Hall–Kier alpha value is -2.41. The molecule has 7 nitrogen and oxygen atoms in total. The fraction of sp³-hybridized carbons (Fsp3) is 0.357. The monoisotopic (exact) mass is 290 g/mol. The summed E-state index contributed by atoms with van der Waals surface area (Å²) in [6.07, 6.45) is 1.70. The SMILES string of the molecule is NC(=O)CC(N)C(=O)Nc1ccccc1C(=O)NC1CC1. The first-order valence-electron chi connectivity index (χ1n) is 6.72. The number of anilines is 1. The topological polar surface area (TPSA) is 127 Å². The first-order valence-corrected chi connectivity index (χ1v) is 6.72. The summed E-state index contributed by atoms with van der Waals surface area (Å²) in [6.45, 7) is 0. The van der Waals surface area contributed by atoms with E-state index in [1.165, 1.54) is 0 Å². The van der Waals surface area contributed by atoms with Gasteiger partial charge in [0.2, 0.25) is 11.8 Å². The summed E-state index contributed by atoms with van der Waals surface area (Å²) in [5.74, 6) is -1.45. The van der Waals surface area contributed by atoms with Crippen LogP contribution in [-0.2, 0) is 9.59 Å². The Balaban J connectivity index is 2.06. The van der Waals surface area contributed by atoms with Crippen molar-refractivity contribution < 1.29 is 14.4 Å². The van der Waals surface area contributed by atoms with Crippen molar-refractivity contribution >= 4 is 23.4 Å². The molecule has 1 atom stereocenters. The van der Waals surface area contributed by atoms with Gasteiger partial charge in [-0.05, 0) is 25.0 Å². The van der Waals surface area contributed by atoms with Crippen molar-refractivity contribution in [1.29, 1.82) is 0 Å². The van der Waals surface area contributed by atoms with E-state index in [9.17, 15) is 14.4 Å². The molecule has 0 saturated heterocycles. The lowest BCUT2D eigenvalue weighted by Crippen LogP contribution is -2.39. The third-order valence-electron chi connectivity index (χ3n) is 3.10. The number of carbonyl (C=O) groups excluding carboxylic acids is 3. The molecule has 21 heavy (non-hydrogen) atoms. The molecule has 0 spiro atoms. The molecule has 2 rings (SSSR count). The zero-order valence-electron chi connectivity index (χ0n) is 11.5. The molecule has 1 aliphatic carbocycles. The molecule has 1 aromatic rings. The molecule has 0 heterocycles. The van der Waals surface area contributed by atoms with Crippen molar-refractivity contribution in [3.05, 3.63) is 29.8 Å². The lowest BCUT2D eigenvalue weighted by atomic mass is 10.1. The van der Waals surface area contributed by atoms with Crippen LogP contribution in [0.2, 0.25) is 0 Å². The molecule has 0 aliphatic heterocycles. The lowest BCUT2D eigenvalue weighted by molar-refractivity contribution is -0.123. The molecular formula is C14H18N4O3. The Morgan fingerprint density at radius 1 is 1.24 bits per heavy atom. The maximum absolute atomic E-state index is 12.1. The van der Waals surface area contributed by atoms with Gasteiger partial charge in [0.05, 0.1) is 23.7 Å². The van der Waals surface area contributed by atoms with E-state index in [1.807, 2.05) is 0 Å². The fourth-order valence-electron chi connectivity index (χ4n) is 1.82. The van der Waals surface area contributed by atoms with Crippen LogP contribution in [0.3, 0.4) is 0 Å². The predicted molar refractivity (Wildman–Crippen MR) is 77.3 cm³/mol. The van der Waals surface area contributed by atoms with E-state index in [0.717, 1.165) is 12.8 Å². The average molecular weight is 290 g/mol. The van der Waals surface area contributed by atoms with Crippen molar-refractivity contribution in [1.82, 2.24) is 5.32 Å². The Labute approximate surface area is 122 Å². The summed E-state index contributed by atoms with van der Waals surface area (Å²) in [7, 11) is 0. The van der Waals surface area contributed by atoms with Crippen LogP contribution in [0.15, 0.2) is 24.3 Å². The van der Waals surface area contributed by atoms with Crippen LogP contribution >= 0.6 is 0 Å². The highest BCUT2D eigenvalue weighted by molar-refractivity contribution is 6.05. The second-order valence-corrected chi connectivity index (χ2v) is 5.06.